The largest absolute Gasteiger partial charge is 0.460 e. The van der Waals surface area contributed by atoms with Gasteiger partial charge < -0.3 is 4.74 Å². The SMILES string of the molecule is CCOC(=O)C(=O)c1ccc(Cl)c(F)c1C. The summed E-state index contributed by atoms with van der Waals surface area (Å²) in [6.45, 7) is 3.06. The molecule has 0 aliphatic rings. The number of halogens is 2. The van der Waals surface area contributed by atoms with E-state index in [2.05, 4.69) is 4.74 Å². The first kappa shape index (κ1) is 12.6. The molecule has 0 N–H and O–H groups in total. The first-order chi connectivity index (χ1) is 7.49. The summed E-state index contributed by atoms with van der Waals surface area (Å²) in [4.78, 5) is 22.7. The van der Waals surface area contributed by atoms with E-state index in [1.807, 2.05) is 0 Å². The topological polar surface area (TPSA) is 43.4 Å². The summed E-state index contributed by atoms with van der Waals surface area (Å²) in [5.41, 5.74) is 0.0194. The van der Waals surface area contributed by atoms with Gasteiger partial charge in [0.1, 0.15) is 5.82 Å². The van der Waals surface area contributed by atoms with Crippen LogP contribution in [0.4, 0.5) is 4.39 Å². The fourth-order valence-electron chi connectivity index (χ4n) is 1.20. The van der Waals surface area contributed by atoms with Crippen molar-refractivity contribution in [1.82, 2.24) is 0 Å². The van der Waals surface area contributed by atoms with E-state index in [4.69, 9.17) is 11.6 Å². The predicted octanol–water partition coefficient (Wildman–Crippen LogP) is 2.53. The van der Waals surface area contributed by atoms with Gasteiger partial charge in [0.25, 0.3) is 5.78 Å². The van der Waals surface area contributed by atoms with Crippen LogP contribution in [0.1, 0.15) is 22.8 Å². The maximum atomic E-state index is 13.4. The number of carbonyl (C=O) groups is 2. The molecule has 0 aliphatic carbocycles. The molecule has 0 radical (unpaired) electrons. The zero-order valence-electron chi connectivity index (χ0n) is 8.84. The molecule has 3 nitrogen and oxygen atoms in total. The van der Waals surface area contributed by atoms with Gasteiger partial charge in [-0.05, 0) is 31.5 Å². The lowest BCUT2D eigenvalue weighted by molar-refractivity contribution is -0.137. The number of hydrogen-bond donors (Lipinski definition) is 0. The Morgan fingerprint density at radius 2 is 2.06 bits per heavy atom. The molecule has 0 aromatic heterocycles. The number of benzene rings is 1. The molecule has 0 fully saturated rings. The molecule has 0 atom stereocenters. The summed E-state index contributed by atoms with van der Waals surface area (Å²) >= 11 is 5.53. The summed E-state index contributed by atoms with van der Waals surface area (Å²) in [5.74, 6) is -2.56. The summed E-state index contributed by atoms with van der Waals surface area (Å²) in [7, 11) is 0. The minimum absolute atomic E-state index is 0.0275. The predicted molar refractivity (Wildman–Crippen MR) is 57.1 cm³/mol. The van der Waals surface area contributed by atoms with E-state index >= 15 is 0 Å². The average molecular weight is 245 g/mol. The third-order valence-corrected chi connectivity index (χ3v) is 2.34. The van der Waals surface area contributed by atoms with Crippen molar-refractivity contribution >= 4 is 23.4 Å². The number of ketones is 1. The fourth-order valence-corrected chi connectivity index (χ4v) is 1.41. The highest BCUT2D eigenvalue weighted by Crippen LogP contribution is 2.21. The molecule has 1 aromatic rings. The lowest BCUT2D eigenvalue weighted by Gasteiger charge is -2.06. The Morgan fingerprint density at radius 3 is 2.62 bits per heavy atom. The van der Waals surface area contributed by atoms with Crippen molar-refractivity contribution in [2.45, 2.75) is 13.8 Å². The fraction of sp³-hybridized carbons (Fsp3) is 0.273. The standard InChI is InChI=1S/C11H10ClFO3/c1-3-16-11(15)10(14)7-4-5-8(12)9(13)6(7)2/h4-5H,3H2,1-2H3. The lowest BCUT2D eigenvalue weighted by atomic mass is 10.0. The second-order valence-corrected chi connectivity index (χ2v) is 3.49. The Kier molecular flexibility index (Phi) is 4.01. The number of carbonyl (C=O) groups excluding carboxylic acids is 2. The van der Waals surface area contributed by atoms with Gasteiger partial charge in [0.15, 0.2) is 0 Å². The van der Waals surface area contributed by atoms with Crippen molar-refractivity contribution in [3.8, 4) is 0 Å². The van der Waals surface area contributed by atoms with E-state index in [0.717, 1.165) is 0 Å². The highest BCUT2D eigenvalue weighted by molar-refractivity contribution is 6.41. The first-order valence-electron chi connectivity index (χ1n) is 4.65. The average Bonchev–Trinajstić information content (AvgIpc) is 2.26. The molecular weight excluding hydrogens is 235 g/mol. The molecule has 0 unspecified atom stereocenters. The van der Waals surface area contributed by atoms with Crippen LogP contribution in [-0.4, -0.2) is 18.4 Å². The van der Waals surface area contributed by atoms with Gasteiger partial charge in [0.05, 0.1) is 11.6 Å². The maximum Gasteiger partial charge on any atom is 0.379 e. The van der Waals surface area contributed by atoms with Gasteiger partial charge in [-0.25, -0.2) is 9.18 Å². The van der Waals surface area contributed by atoms with Crippen LogP contribution in [0.2, 0.25) is 5.02 Å². The lowest BCUT2D eigenvalue weighted by Crippen LogP contribution is -2.19. The summed E-state index contributed by atoms with van der Waals surface area (Å²) in [6.07, 6.45) is 0. The first-order valence-corrected chi connectivity index (χ1v) is 5.02. The van der Waals surface area contributed by atoms with Crippen LogP contribution in [0.25, 0.3) is 0 Å². The Bertz CT molecular complexity index is 443. The molecule has 0 spiro atoms. The molecule has 0 aliphatic heterocycles. The summed E-state index contributed by atoms with van der Waals surface area (Å²) in [6, 6.07) is 2.54. The van der Waals surface area contributed by atoms with Crippen LogP contribution in [0, 0.1) is 12.7 Å². The number of hydrogen-bond acceptors (Lipinski definition) is 3. The van der Waals surface area contributed by atoms with Gasteiger partial charge in [-0.3, -0.25) is 4.79 Å². The molecular formula is C11H10ClFO3. The maximum absolute atomic E-state index is 13.4. The van der Waals surface area contributed by atoms with Crippen molar-refractivity contribution in [3.05, 3.63) is 34.1 Å². The number of rotatable bonds is 3. The van der Waals surface area contributed by atoms with Crippen molar-refractivity contribution in [3.63, 3.8) is 0 Å². The monoisotopic (exact) mass is 244 g/mol. The van der Waals surface area contributed by atoms with E-state index in [-0.39, 0.29) is 22.8 Å². The Morgan fingerprint density at radius 1 is 1.44 bits per heavy atom. The van der Waals surface area contributed by atoms with Gasteiger partial charge in [-0.1, -0.05) is 11.6 Å². The molecule has 0 heterocycles. The molecule has 0 bridgehead atoms. The van der Waals surface area contributed by atoms with Crippen LogP contribution in [0.15, 0.2) is 12.1 Å². The number of ether oxygens (including phenoxy) is 1. The Balaban J connectivity index is 3.10. The minimum atomic E-state index is -0.993. The number of esters is 1. The molecule has 1 aromatic carbocycles. The third-order valence-electron chi connectivity index (χ3n) is 2.04. The minimum Gasteiger partial charge on any atom is -0.460 e. The zero-order chi connectivity index (χ0) is 12.3. The van der Waals surface area contributed by atoms with E-state index in [0.29, 0.717) is 0 Å². The molecule has 0 amide bonds. The second-order valence-electron chi connectivity index (χ2n) is 3.08. The number of Topliss-reactive ketones (excluding diaryl/α,β-unsaturated/α-hetero) is 1. The van der Waals surface area contributed by atoms with E-state index in [1.54, 1.807) is 6.92 Å². The van der Waals surface area contributed by atoms with Crippen molar-refractivity contribution in [2.75, 3.05) is 6.61 Å². The smallest absolute Gasteiger partial charge is 0.379 e. The van der Waals surface area contributed by atoms with Gasteiger partial charge in [0, 0.05) is 5.56 Å². The van der Waals surface area contributed by atoms with Crippen LogP contribution in [0.3, 0.4) is 0 Å². The Hall–Kier alpha value is -1.42. The summed E-state index contributed by atoms with van der Waals surface area (Å²) in [5, 5.41) is -0.0853. The van der Waals surface area contributed by atoms with Gasteiger partial charge in [0.2, 0.25) is 0 Å². The van der Waals surface area contributed by atoms with Gasteiger partial charge in [-0.15, -0.1) is 0 Å². The highest BCUT2D eigenvalue weighted by atomic mass is 35.5. The molecule has 0 saturated heterocycles. The van der Waals surface area contributed by atoms with Crippen molar-refractivity contribution < 1.29 is 18.7 Å². The van der Waals surface area contributed by atoms with Crippen LogP contribution in [-0.2, 0) is 9.53 Å². The van der Waals surface area contributed by atoms with E-state index in [1.165, 1.54) is 19.1 Å². The van der Waals surface area contributed by atoms with Gasteiger partial charge in [-0.2, -0.15) is 0 Å². The van der Waals surface area contributed by atoms with Crippen molar-refractivity contribution in [1.29, 1.82) is 0 Å². The molecule has 86 valence electrons. The Labute approximate surface area is 97.2 Å². The molecule has 5 heteroatoms. The molecule has 0 saturated carbocycles. The third kappa shape index (κ3) is 2.39. The van der Waals surface area contributed by atoms with E-state index in [9.17, 15) is 14.0 Å². The second kappa shape index (κ2) is 5.07. The quantitative estimate of drug-likeness (QED) is 0.466. The van der Waals surface area contributed by atoms with E-state index < -0.39 is 17.6 Å². The molecule has 1 rings (SSSR count). The molecule has 16 heavy (non-hydrogen) atoms. The zero-order valence-corrected chi connectivity index (χ0v) is 9.60. The van der Waals surface area contributed by atoms with Crippen LogP contribution >= 0.6 is 11.6 Å². The van der Waals surface area contributed by atoms with Crippen LogP contribution < -0.4 is 0 Å². The summed E-state index contributed by atoms with van der Waals surface area (Å²) < 4.78 is 17.9. The highest BCUT2D eigenvalue weighted by Gasteiger charge is 2.21. The van der Waals surface area contributed by atoms with Crippen LogP contribution in [0.5, 0.6) is 0 Å². The van der Waals surface area contributed by atoms with Gasteiger partial charge >= 0.3 is 5.97 Å². The normalized spacial score (nSPS) is 10.0. The van der Waals surface area contributed by atoms with Crippen molar-refractivity contribution in [2.24, 2.45) is 0 Å².